The van der Waals surface area contributed by atoms with Crippen LogP contribution in [0, 0.1) is 5.82 Å². The van der Waals surface area contributed by atoms with Crippen LogP contribution in [0.15, 0.2) is 83.7 Å². The number of hydrogen-bond acceptors (Lipinski definition) is 3. The molecule has 0 fully saturated rings. The van der Waals surface area contributed by atoms with Crippen LogP contribution < -0.4 is 10.9 Å². The zero-order chi connectivity index (χ0) is 22.6. The van der Waals surface area contributed by atoms with E-state index >= 15 is 0 Å². The maximum Gasteiger partial charge on any atom is 0.255 e. The molecule has 0 aliphatic rings. The predicted molar refractivity (Wildman–Crippen MR) is 130 cm³/mol. The fourth-order valence-electron chi connectivity index (χ4n) is 4.19. The third-order valence-corrected chi connectivity index (χ3v) is 5.89. The number of pyridine rings is 1. The molecule has 0 bridgehead atoms. The smallest absolute Gasteiger partial charge is 0.255 e. The first-order chi connectivity index (χ1) is 16.2. The molecule has 6 heteroatoms. The Bertz CT molecular complexity index is 1420. The molecule has 0 radical (unpaired) electrons. The summed E-state index contributed by atoms with van der Waals surface area (Å²) in [5.74, 6) is 0.574. The van der Waals surface area contributed by atoms with Crippen LogP contribution in [0.25, 0.3) is 21.9 Å². The summed E-state index contributed by atoms with van der Waals surface area (Å²) in [4.78, 5) is 21.2. The molecule has 33 heavy (non-hydrogen) atoms. The number of aryl methyl sites for hydroxylation is 2. The molecule has 0 aliphatic heterocycles. The lowest BCUT2D eigenvalue weighted by Gasteiger charge is -2.14. The van der Waals surface area contributed by atoms with Gasteiger partial charge < -0.3 is 14.9 Å². The van der Waals surface area contributed by atoms with Crippen LogP contribution in [0.2, 0.25) is 0 Å². The molecule has 166 valence electrons. The van der Waals surface area contributed by atoms with Gasteiger partial charge in [0.15, 0.2) is 0 Å². The highest BCUT2D eigenvalue weighted by molar-refractivity contribution is 5.79. The minimum absolute atomic E-state index is 0.0831. The van der Waals surface area contributed by atoms with Gasteiger partial charge in [-0.15, -0.1) is 0 Å². The topological polar surface area (TPSA) is 62.7 Å². The largest absolute Gasteiger partial charge is 0.342 e. The zero-order valence-corrected chi connectivity index (χ0v) is 18.2. The first kappa shape index (κ1) is 21.1. The van der Waals surface area contributed by atoms with Crippen LogP contribution in [-0.2, 0) is 25.9 Å². The minimum atomic E-state index is -0.341. The van der Waals surface area contributed by atoms with Crippen molar-refractivity contribution in [1.82, 2.24) is 19.9 Å². The number of nitrogens with one attached hydrogen (secondary N) is 2. The van der Waals surface area contributed by atoms with Crippen molar-refractivity contribution in [3.8, 4) is 0 Å². The van der Waals surface area contributed by atoms with Gasteiger partial charge in [-0.05, 0) is 53.8 Å². The molecule has 0 saturated heterocycles. The summed E-state index contributed by atoms with van der Waals surface area (Å²) >= 11 is 0. The van der Waals surface area contributed by atoms with E-state index in [4.69, 9.17) is 0 Å². The number of H-pyrrole nitrogens is 1. The molecule has 0 saturated carbocycles. The number of aromatic nitrogens is 3. The van der Waals surface area contributed by atoms with E-state index in [1.54, 1.807) is 10.6 Å². The number of halogens is 1. The fourth-order valence-corrected chi connectivity index (χ4v) is 4.19. The van der Waals surface area contributed by atoms with Gasteiger partial charge in [0, 0.05) is 31.6 Å². The van der Waals surface area contributed by atoms with Crippen LogP contribution in [0.5, 0.6) is 0 Å². The monoisotopic (exact) mass is 440 g/mol. The molecule has 0 aliphatic carbocycles. The van der Waals surface area contributed by atoms with E-state index in [9.17, 15) is 9.18 Å². The third kappa shape index (κ3) is 4.71. The molecular weight excluding hydrogens is 415 g/mol. The Hall–Kier alpha value is -3.77. The van der Waals surface area contributed by atoms with Crippen molar-refractivity contribution in [1.29, 1.82) is 0 Å². The lowest BCUT2D eigenvalue weighted by atomic mass is 10.1. The Morgan fingerprint density at radius 2 is 1.76 bits per heavy atom. The zero-order valence-electron chi connectivity index (χ0n) is 18.2. The number of benzene rings is 3. The Morgan fingerprint density at radius 1 is 0.939 bits per heavy atom. The Morgan fingerprint density at radius 3 is 2.61 bits per heavy atom. The molecule has 0 amide bonds. The highest BCUT2D eigenvalue weighted by atomic mass is 19.1. The van der Waals surface area contributed by atoms with E-state index in [2.05, 4.69) is 15.3 Å². The number of hydrogen-bond donors (Lipinski definition) is 2. The molecule has 0 unspecified atom stereocenters. The van der Waals surface area contributed by atoms with Gasteiger partial charge >= 0.3 is 0 Å². The fraction of sp³-hybridized carbons (Fsp3) is 0.185. The van der Waals surface area contributed by atoms with Gasteiger partial charge in [-0.25, -0.2) is 9.37 Å². The van der Waals surface area contributed by atoms with Crippen LogP contribution in [0.1, 0.15) is 17.0 Å². The summed E-state index contributed by atoms with van der Waals surface area (Å²) in [6, 6.07) is 24.5. The lowest BCUT2D eigenvalue weighted by Crippen LogP contribution is -2.29. The van der Waals surface area contributed by atoms with E-state index in [0.717, 1.165) is 34.2 Å². The van der Waals surface area contributed by atoms with E-state index in [1.807, 2.05) is 60.7 Å². The summed E-state index contributed by atoms with van der Waals surface area (Å²) in [5.41, 5.74) is 4.34. The standard InChI is InChI=1S/C27H25FN4O/c28-22-11-10-20-16-21(18-29-14-12-26-30-23-8-4-5-9-24(23)31-26)27(33)32(25(20)17-22)15-13-19-6-2-1-3-7-19/h1-11,16-17,29H,12-15,18H2,(H,30,31). The summed E-state index contributed by atoms with van der Waals surface area (Å²) in [5, 5.41) is 4.22. The number of fused-ring (bicyclic) bond motifs is 2. The Kier molecular flexibility index (Phi) is 6.00. The van der Waals surface area contributed by atoms with E-state index < -0.39 is 0 Å². The highest BCUT2D eigenvalue weighted by Gasteiger charge is 2.11. The molecule has 0 atom stereocenters. The lowest BCUT2D eigenvalue weighted by molar-refractivity contribution is 0.623. The second kappa shape index (κ2) is 9.38. The molecule has 2 heterocycles. The number of aromatic amines is 1. The first-order valence-corrected chi connectivity index (χ1v) is 11.2. The van der Waals surface area contributed by atoms with E-state index in [1.165, 1.54) is 12.1 Å². The van der Waals surface area contributed by atoms with Crippen molar-refractivity contribution in [2.24, 2.45) is 0 Å². The Balaban J connectivity index is 1.33. The molecule has 2 N–H and O–H groups in total. The number of nitrogens with zero attached hydrogens (tertiary/aromatic N) is 2. The number of para-hydroxylation sites is 2. The van der Waals surface area contributed by atoms with Gasteiger partial charge in [0.25, 0.3) is 5.56 Å². The molecule has 0 spiro atoms. The molecule has 5 nitrogen and oxygen atoms in total. The van der Waals surface area contributed by atoms with Crippen molar-refractivity contribution >= 4 is 21.9 Å². The summed E-state index contributed by atoms with van der Waals surface area (Å²) in [6.07, 6.45) is 1.44. The van der Waals surface area contributed by atoms with Gasteiger partial charge in [0.05, 0.1) is 16.6 Å². The van der Waals surface area contributed by atoms with Crippen molar-refractivity contribution < 1.29 is 4.39 Å². The molecule has 5 aromatic rings. The van der Waals surface area contributed by atoms with Gasteiger partial charge in [0.1, 0.15) is 11.6 Å². The second-order valence-corrected chi connectivity index (χ2v) is 8.19. The van der Waals surface area contributed by atoms with Gasteiger partial charge in [-0.3, -0.25) is 4.79 Å². The van der Waals surface area contributed by atoms with Crippen LogP contribution in [-0.4, -0.2) is 21.1 Å². The van der Waals surface area contributed by atoms with E-state index in [-0.39, 0.29) is 11.4 Å². The van der Waals surface area contributed by atoms with Gasteiger partial charge in [0.2, 0.25) is 0 Å². The molecule has 5 rings (SSSR count). The number of imidazole rings is 1. The van der Waals surface area contributed by atoms with Gasteiger partial charge in [-0.2, -0.15) is 0 Å². The normalized spacial score (nSPS) is 11.4. The first-order valence-electron chi connectivity index (χ1n) is 11.2. The Labute approximate surface area is 190 Å². The van der Waals surface area contributed by atoms with Crippen molar-refractivity contribution in [2.75, 3.05) is 6.54 Å². The van der Waals surface area contributed by atoms with Crippen molar-refractivity contribution in [3.63, 3.8) is 0 Å². The number of rotatable bonds is 8. The highest BCUT2D eigenvalue weighted by Crippen LogP contribution is 2.17. The average Bonchev–Trinajstić information content (AvgIpc) is 3.25. The molecule has 2 aromatic heterocycles. The van der Waals surface area contributed by atoms with Crippen LogP contribution in [0.3, 0.4) is 0 Å². The maximum atomic E-state index is 14.0. The maximum absolute atomic E-state index is 14.0. The summed E-state index contributed by atoms with van der Waals surface area (Å²) < 4.78 is 15.7. The molecule has 3 aromatic carbocycles. The SMILES string of the molecule is O=c1c(CNCCc2nc3ccccc3[nH]2)cc2ccc(F)cc2n1CCc1ccccc1. The quantitative estimate of drug-likeness (QED) is 0.347. The average molecular weight is 441 g/mol. The van der Waals surface area contributed by atoms with Crippen molar-refractivity contribution in [3.05, 3.63) is 112 Å². The predicted octanol–water partition coefficient (Wildman–Crippen LogP) is 4.59. The second-order valence-electron chi connectivity index (χ2n) is 8.19. The third-order valence-electron chi connectivity index (χ3n) is 5.89. The summed E-state index contributed by atoms with van der Waals surface area (Å²) in [6.45, 7) is 1.62. The van der Waals surface area contributed by atoms with Crippen molar-refractivity contribution in [2.45, 2.75) is 25.9 Å². The van der Waals surface area contributed by atoms with Crippen LogP contribution in [0.4, 0.5) is 4.39 Å². The minimum Gasteiger partial charge on any atom is -0.342 e. The van der Waals surface area contributed by atoms with E-state index in [0.29, 0.717) is 37.1 Å². The van der Waals surface area contributed by atoms with Crippen LogP contribution >= 0.6 is 0 Å². The van der Waals surface area contributed by atoms with Gasteiger partial charge in [-0.1, -0.05) is 42.5 Å². The molecular formula is C27H25FN4O. The summed E-state index contributed by atoms with van der Waals surface area (Å²) in [7, 11) is 0.